The molecule has 0 atom stereocenters. The molecule has 0 saturated heterocycles. The lowest BCUT2D eigenvalue weighted by atomic mass is 10.2. The van der Waals surface area contributed by atoms with Gasteiger partial charge in [-0.15, -0.1) is 11.3 Å². The van der Waals surface area contributed by atoms with E-state index in [-0.39, 0.29) is 5.91 Å². The number of carbonyl (C=O) groups excluding carboxylic acids is 1. The zero-order valence-corrected chi connectivity index (χ0v) is 11.9. The molecule has 5 heteroatoms. The van der Waals surface area contributed by atoms with Crippen LogP contribution in [-0.2, 0) is 6.54 Å². The number of benzene rings is 1. The van der Waals surface area contributed by atoms with Crippen molar-refractivity contribution >= 4 is 33.8 Å². The molecule has 3 rings (SSSR count). The lowest BCUT2D eigenvalue weighted by Crippen LogP contribution is -2.22. The average Bonchev–Trinajstić information content (AvgIpc) is 3.03. The van der Waals surface area contributed by atoms with Gasteiger partial charge < -0.3 is 16.0 Å². The molecule has 2 heterocycles. The summed E-state index contributed by atoms with van der Waals surface area (Å²) in [4.78, 5) is 16.4. The number of para-hydroxylation sites is 1. The highest BCUT2D eigenvalue weighted by atomic mass is 32.1. The molecule has 20 heavy (non-hydrogen) atoms. The molecule has 3 aromatic rings. The zero-order valence-electron chi connectivity index (χ0n) is 11.1. The van der Waals surface area contributed by atoms with Crippen molar-refractivity contribution < 1.29 is 4.79 Å². The van der Waals surface area contributed by atoms with Crippen LogP contribution in [0.15, 0.2) is 35.7 Å². The van der Waals surface area contributed by atoms with Gasteiger partial charge in [0.25, 0.3) is 5.91 Å². The summed E-state index contributed by atoms with van der Waals surface area (Å²) in [6.45, 7) is 2.59. The maximum atomic E-state index is 12.2. The van der Waals surface area contributed by atoms with Crippen molar-refractivity contribution in [3.8, 4) is 0 Å². The number of nitrogens with two attached hydrogens (primary N) is 1. The second-order valence-corrected chi connectivity index (χ2v) is 5.70. The number of aromatic nitrogens is 1. The van der Waals surface area contributed by atoms with Crippen LogP contribution >= 0.6 is 11.3 Å². The van der Waals surface area contributed by atoms with Crippen LogP contribution in [0, 0.1) is 6.92 Å². The molecule has 0 aliphatic heterocycles. The number of anilines is 1. The maximum absolute atomic E-state index is 12.2. The van der Waals surface area contributed by atoms with Gasteiger partial charge in [0, 0.05) is 10.3 Å². The van der Waals surface area contributed by atoms with Crippen molar-refractivity contribution in [2.45, 2.75) is 13.5 Å². The molecule has 4 nitrogen and oxygen atoms in total. The minimum atomic E-state index is -0.117. The summed E-state index contributed by atoms with van der Waals surface area (Å²) in [7, 11) is 0. The van der Waals surface area contributed by atoms with E-state index in [0.29, 0.717) is 17.9 Å². The molecule has 1 amide bonds. The Labute approximate surface area is 120 Å². The van der Waals surface area contributed by atoms with E-state index in [9.17, 15) is 4.79 Å². The molecule has 0 unspecified atom stereocenters. The molecule has 0 fully saturated rings. The summed E-state index contributed by atoms with van der Waals surface area (Å²) in [5.41, 5.74) is 9.08. The standard InChI is InChI=1S/C15H15N3OS/c1-9-5-6-20-13(9)8-17-15(19)12-7-10-3-2-4-11(16)14(10)18-12/h2-7,18H,8,16H2,1H3,(H,17,19). The summed E-state index contributed by atoms with van der Waals surface area (Å²) in [6.07, 6.45) is 0. The van der Waals surface area contributed by atoms with Gasteiger partial charge in [-0.3, -0.25) is 4.79 Å². The predicted molar refractivity (Wildman–Crippen MR) is 82.9 cm³/mol. The minimum absolute atomic E-state index is 0.117. The molecular formula is C15H15N3OS. The molecule has 0 aliphatic carbocycles. The van der Waals surface area contributed by atoms with Gasteiger partial charge in [-0.2, -0.15) is 0 Å². The van der Waals surface area contributed by atoms with Crippen LogP contribution in [0.2, 0.25) is 0 Å². The number of nitrogens with one attached hydrogen (secondary N) is 2. The summed E-state index contributed by atoms with van der Waals surface area (Å²) in [5.74, 6) is -0.117. The molecule has 102 valence electrons. The zero-order chi connectivity index (χ0) is 14.1. The highest BCUT2D eigenvalue weighted by molar-refractivity contribution is 7.10. The van der Waals surface area contributed by atoms with Crippen LogP contribution in [0.1, 0.15) is 20.9 Å². The van der Waals surface area contributed by atoms with Crippen LogP contribution in [0.4, 0.5) is 5.69 Å². The third-order valence-electron chi connectivity index (χ3n) is 3.31. The largest absolute Gasteiger partial charge is 0.397 e. The van der Waals surface area contributed by atoms with Crippen molar-refractivity contribution in [3.63, 3.8) is 0 Å². The van der Waals surface area contributed by atoms with E-state index in [4.69, 9.17) is 5.73 Å². The van der Waals surface area contributed by atoms with Crippen LogP contribution < -0.4 is 11.1 Å². The Hall–Kier alpha value is -2.27. The Morgan fingerprint density at radius 2 is 2.25 bits per heavy atom. The highest BCUT2D eigenvalue weighted by Gasteiger charge is 2.11. The van der Waals surface area contributed by atoms with E-state index in [1.54, 1.807) is 11.3 Å². The van der Waals surface area contributed by atoms with Gasteiger partial charge in [-0.05, 0) is 36.1 Å². The molecule has 0 aliphatic rings. The molecule has 0 bridgehead atoms. The van der Waals surface area contributed by atoms with E-state index < -0.39 is 0 Å². The summed E-state index contributed by atoms with van der Waals surface area (Å²) in [5, 5.41) is 5.90. The fraction of sp³-hybridized carbons (Fsp3) is 0.133. The molecular weight excluding hydrogens is 270 g/mol. The lowest BCUT2D eigenvalue weighted by Gasteiger charge is -2.02. The molecule has 1 aromatic carbocycles. The molecule has 2 aromatic heterocycles. The highest BCUT2D eigenvalue weighted by Crippen LogP contribution is 2.21. The van der Waals surface area contributed by atoms with Gasteiger partial charge >= 0.3 is 0 Å². The van der Waals surface area contributed by atoms with Crippen molar-refractivity contribution in [2.75, 3.05) is 5.73 Å². The number of amides is 1. The number of rotatable bonds is 3. The van der Waals surface area contributed by atoms with Gasteiger partial charge in [0.2, 0.25) is 0 Å². The first-order chi connectivity index (χ1) is 9.65. The Bertz CT molecular complexity index is 772. The second kappa shape index (κ2) is 5.02. The lowest BCUT2D eigenvalue weighted by molar-refractivity contribution is 0.0947. The number of thiophene rings is 1. The smallest absolute Gasteiger partial charge is 0.268 e. The maximum Gasteiger partial charge on any atom is 0.268 e. The van der Waals surface area contributed by atoms with Crippen molar-refractivity contribution in [1.29, 1.82) is 0 Å². The molecule has 0 spiro atoms. The Kier molecular flexibility index (Phi) is 3.20. The molecule has 0 saturated carbocycles. The Morgan fingerprint density at radius 1 is 1.40 bits per heavy atom. The van der Waals surface area contributed by atoms with Gasteiger partial charge in [0.1, 0.15) is 5.69 Å². The number of H-pyrrole nitrogens is 1. The van der Waals surface area contributed by atoms with E-state index >= 15 is 0 Å². The fourth-order valence-electron chi connectivity index (χ4n) is 2.14. The summed E-state index contributed by atoms with van der Waals surface area (Å²) >= 11 is 1.65. The second-order valence-electron chi connectivity index (χ2n) is 4.70. The van der Waals surface area contributed by atoms with Gasteiger partial charge in [-0.1, -0.05) is 12.1 Å². The normalized spacial score (nSPS) is 10.8. The number of nitrogen functional groups attached to an aromatic ring is 1. The number of fused-ring (bicyclic) bond motifs is 1. The monoisotopic (exact) mass is 285 g/mol. The summed E-state index contributed by atoms with van der Waals surface area (Å²) < 4.78 is 0. The Morgan fingerprint density at radius 3 is 2.95 bits per heavy atom. The fourth-order valence-corrected chi connectivity index (χ4v) is 2.99. The third-order valence-corrected chi connectivity index (χ3v) is 4.33. The topological polar surface area (TPSA) is 70.9 Å². The first-order valence-electron chi connectivity index (χ1n) is 6.33. The van der Waals surface area contributed by atoms with Crippen molar-refractivity contribution in [2.24, 2.45) is 0 Å². The van der Waals surface area contributed by atoms with Crippen LogP contribution in [0.3, 0.4) is 0 Å². The number of carbonyl (C=O) groups is 1. The van der Waals surface area contributed by atoms with Gasteiger partial charge in [0.15, 0.2) is 0 Å². The number of aryl methyl sites for hydroxylation is 1. The van der Waals surface area contributed by atoms with E-state index in [0.717, 1.165) is 10.9 Å². The number of aromatic amines is 1. The SMILES string of the molecule is Cc1ccsc1CNC(=O)c1cc2cccc(N)c2[nH]1. The summed E-state index contributed by atoms with van der Waals surface area (Å²) in [6, 6.07) is 9.50. The number of hydrogen-bond donors (Lipinski definition) is 3. The Balaban J connectivity index is 1.79. The van der Waals surface area contributed by atoms with Crippen LogP contribution in [0.5, 0.6) is 0 Å². The first-order valence-corrected chi connectivity index (χ1v) is 7.21. The van der Waals surface area contributed by atoms with E-state index in [1.807, 2.05) is 36.6 Å². The van der Waals surface area contributed by atoms with Crippen molar-refractivity contribution in [1.82, 2.24) is 10.3 Å². The van der Waals surface area contributed by atoms with Gasteiger partial charge in [0.05, 0.1) is 17.7 Å². The van der Waals surface area contributed by atoms with Crippen LogP contribution in [-0.4, -0.2) is 10.9 Å². The minimum Gasteiger partial charge on any atom is -0.397 e. The van der Waals surface area contributed by atoms with Gasteiger partial charge in [-0.25, -0.2) is 0 Å². The van der Waals surface area contributed by atoms with Crippen molar-refractivity contribution in [3.05, 3.63) is 51.8 Å². The quantitative estimate of drug-likeness (QED) is 0.647. The van der Waals surface area contributed by atoms with E-state index in [1.165, 1.54) is 10.4 Å². The first kappa shape index (κ1) is 12.7. The molecule has 0 radical (unpaired) electrons. The van der Waals surface area contributed by atoms with Crippen LogP contribution in [0.25, 0.3) is 10.9 Å². The molecule has 4 N–H and O–H groups in total. The average molecular weight is 285 g/mol. The number of hydrogen-bond acceptors (Lipinski definition) is 3. The predicted octanol–water partition coefficient (Wildman–Crippen LogP) is 3.05. The van der Waals surface area contributed by atoms with E-state index in [2.05, 4.69) is 16.4 Å². The third kappa shape index (κ3) is 2.28.